The van der Waals surface area contributed by atoms with Crippen LogP contribution in [0.3, 0.4) is 0 Å². The summed E-state index contributed by atoms with van der Waals surface area (Å²) in [5.41, 5.74) is 2.67. The summed E-state index contributed by atoms with van der Waals surface area (Å²) in [4.78, 5) is 4.67. The molecule has 162 valence electrons. The molecule has 0 saturated carbocycles. The molecule has 2 nitrogen and oxygen atoms in total. The van der Waals surface area contributed by atoms with Crippen molar-refractivity contribution in [1.29, 1.82) is 0 Å². The van der Waals surface area contributed by atoms with Crippen LogP contribution in [0.25, 0.3) is 21.5 Å². The summed E-state index contributed by atoms with van der Waals surface area (Å²) in [6.45, 7) is 4.92. The van der Waals surface area contributed by atoms with Crippen molar-refractivity contribution in [3.05, 3.63) is 59.7 Å². The van der Waals surface area contributed by atoms with E-state index in [0.717, 1.165) is 39.3 Å². The molecular weight excluding hydrogens is 458 g/mol. The van der Waals surface area contributed by atoms with E-state index in [4.69, 9.17) is 46.4 Å². The smallest absolute Gasteiger partial charge is 0.0351 e. The van der Waals surface area contributed by atoms with Crippen LogP contribution in [0.4, 0.5) is 0 Å². The third kappa shape index (κ3) is 5.73. The van der Waals surface area contributed by atoms with Gasteiger partial charge in [-0.15, -0.1) is 46.4 Å². The molecule has 0 heterocycles. The summed E-state index contributed by atoms with van der Waals surface area (Å²) >= 11 is 24.3. The third-order valence-electron chi connectivity index (χ3n) is 5.52. The van der Waals surface area contributed by atoms with E-state index in [1.807, 2.05) is 0 Å². The van der Waals surface area contributed by atoms with Crippen LogP contribution in [0.1, 0.15) is 11.1 Å². The molecular formula is C24H28Cl4N2. The van der Waals surface area contributed by atoms with Crippen LogP contribution in [0.15, 0.2) is 48.5 Å². The maximum atomic E-state index is 6.06. The van der Waals surface area contributed by atoms with Crippen molar-refractivity contribution in [2.75, 3.05) is 49.7 Å². The van der Waals surface area contributed by atoms with Gasteiger partial charge in [-0.25, -0.2) is 0 Å². The fourth-order valence-corrected chi connectivity index (χ4v) is 5.07. The van der Waals surface area contributed by atoms with Crippen LogP contribution in [0, 0.1) is 0 Å². The van der Waals surface area contributed by atoms with Crippen LogP contribution in [0.2, 0.25) is 0 Å². The van der Waals surface area contributed by atoms with Gasteiger partial charge in [-0.05, 0) is 32.7 Å². The number of hydrogen-bond acceptors (Lipinski definition) is 2. The third-order valence-corrected chi connectivity index (χ3v) is 6.20. The second kappa shape index (κ2) is 12.3. The Kier molecular flexibility index (Phi) is 9.83. The van der Waals surface area contributed by atoms with Crippen LogP contribution in [0.5, 0.6) is 0 Å². The van der Waals surface area contributed by atoms with Crippen molar-refractivity contribution in [1.82, 2.24) is 9.80 Å². The van der Waals surface area contributed by atoms with Gasteiger partial charge in [0.15, 0.2) is 0 Å². The zero-order chi connectivity index (χ0) is 21.3. The van der Waals surface area contributed by atoms with Gasteiger partial charge in [0.25, 0.3) is 0 Å². The SMILES string of the molecule is ClCCN(CCCl)Cc1c2ccccc2c(CN(CCCl)CCCl)c2ccccc12. The molecule has 0 saturated heterocycles. The van der Waals surface area contributed by atoms with Crippen LogP contribution < -0.4 is 0 Å². The first kappa shape index (κ1) is 23.9. The normalized spacial score (nSPS) is 11.9. The molecule has 0 atom stereocenters. The second-order valence-corrected chi connectivity index (χ2v) is 8.87. The Morgan fingerprint density at radius 3 is 0.967 bits per heavy atom. The summed E-state index contributed by atoms with van der Waals surface area (Å²) in [7, 11) is 0. The predicted molar refractivity (Wildman–Crippen MR) is 135 cm³/mol. The van der Waals surface area contributed by atoms with Crippen LogP contribution >= 0.6 is 46.4 Å². The molecule has 0 aliphatic heterocycles. The van der Waals surface area contributed by atoms with Crippen molar-refractivity contribution in [2.45, 2.75) is 13.1 Å². The lowest BCUT2D eigenvalue weighted by molar-refractivity contribution is 0.300. The lowest BCUT2D eigenvalue weighted by Gasteiger charge is -2.26. The van der Waals surface area contributed by atoms with E-state index in [0.29, 0.717) is 23.5 Å². The Bertz CT molecular complexity index is 802. The van der Waals surface area contributed by atoms with Gasteiger partial charge in [0.2, 0.25) is 0 Å². The highest BCUT2D eigenvalue weighted by Gasteiger charge is 2.17. The Hall–Kier alpha value is -0.740. The summed E-state index contributed by atoms with van der Waals surface area (Å²) < 4.78 is 0. The molecule has 30 heavy (non-hydrogen) atoms. The molecule has 3 rings (SSSR count). The van der Waals surface area contributed by atoms with Crippen LogP contribution in [-0.2, 0) is 13.1 Å². The molecule has 3 aromatic carbocycles. The quantitative estimate of drug-likeness (QED) is 0.212. The number of hydrogen-bond donors (Lipinski definition) is 0. The molecule has 0 unspecified atom stereocenters. The van der Waals surface area contributed by atoms with E-state index in [2.05, 4.69) is 58.3 Å². The first-order valence-corrected chi connectivity index (χ1v) is 12.5. The lowest BCUT2D eigenvalue weighted by Crippen LogP contribution is -2.28. The van der Waals surface area contributed by atoms with Crippen molar-refractivity contribution in [3.63, 3.8) is 0 Å². The van der Waals surface area contributed by atoms with Crippen molar-refractivity contribution in [2.24, 2.45) is 0 Å². The van der Waals surface area contributed by atoms with E-state index >= 15 is 0 Å². The van der Waals surface area contributed by atoms with Crippen molar-refractivity contribution in [3.8, 4) is 0 Å². The van der Waals surface area contributed by atoms with Gasteiger partial charge in [0.05, 0.1) is 0 Å². The van der Waals surface area contributed by atoms with E-state index in [1.165, 1.54) is 32.7 Å². The van der Waals surface area contributed by atoms with Crippen LogP contribution in [-0.4, -0.2) is 59.5 Å². The number of rotatable bonds is 12. The minimum atomic E-state index is 0.594. The van der Waals surface area contributed by atoms with Gasteiger partial charge in [-0.2, -0.15) is 0 Å². The molecule has 0 radical (unpaired) electrons. The Morgan fingerprint density at radius 2 is 0.733 bits per heavy atom. The highest BCUT2D eigenvalue weighted by molar-refractivity contribution is 6.18. The monoisotopic (exact) mass is 484 g/mol. The lowest BCUT2D eigenvalue weighted by atomic mass is 9.91. The van der Waals surface area contributed by atoms with Gasteiger partial charge < -0.3 is 0 Å². The largest absolute Gasteiger partial charge is 0.297 e. The number of fused-ring (bicyclic) bond motifs is 2. The number of nitrogens with zero attached hydrogens (tertiary/aromatic N) is 2. The number of halogens is 4. The van der Waals surface area contributed by atoms with Gasteiger partial charge in [-0.1, -0.05) is 48.5 Å². The van der Waals surface area contributed by atoms with Gasteiger partial charge in [0.1, 0.15) is 0 Å². The molecule has 3 aromatic rings. The molecule has 0 N–H and O–H groups in total. The van der Waals surface area contributed by atoms with E-state index < -0.39 is 0 Å². The first-order valence-electron chi connectivity index (χ1n) is 10.3. The zero-order valence-electron chi connectivity index (χ0n) is 17.1. The molecule has 0 fully saturated rings. The molecule has 0 aromatic heterocycles. The predicted octanol–water partition coefficient (Wildman–Crippen LogP) is 6.55. The molecule has 6 heteroatoms. The Labute approximate surface area is 199 Å². The fraction of sp³-hybridized carbons (Fsp3) is 0.417. The number of alkyl halides is 4. The van der Waals surface area contributed by atoms with E-state index in [-0.39, 0.29) is 0 Å². The zero-order valence-corrected chi connectivity index (χ0v) is 20.1. The topological polar surface area (TPSA) is 6.48 Å². The van der Waals surface area contributed by atoms with Gasteiger partial charge in [0, 0.05) is 62.8 Å². The average Bonchev–Trinajstić information content (AvgIpc) is 2.76. The van der Waals surface area contributed by atoms with E-state index in [9.17, 15) is 0 Å². The van der Waals surface area contributed by atoms with E-state index in [1.54, 1.807) is 0 Å². The second-order valence-electron chi connectivity index (χ2n) is 7.36. The Balaban J connectivity index is 2.17. The maximum Gasteiger partial charge on any atom is 0.0351 e. The minimum Gasteiger partial charge on any atom is -0.297 e. The number of benzene rings is 3. The molecule has 0 bridgehead atoms. The molecule has 0 amide bonds. The van der Waals surface area contributed by atoms with Crippen molar-refractivity contribution < 1.29 is 0 Å². The van der Waals surface area contributed by atoms with Crippen molar-refractivity contribution >= 4 is 67.9 Å². The van der Waals surface area contributed by atoms with Gasteiger partial charge in [-0.3, -0.25) is 9.80 Å². The Morgan fingerprint density at radius 1 is 0.467 bits per heavy atom. The summed E-state index contributed by atoms with van der Waals surface area (Å²) in [6, 6.07) is 17.4. The summed E-state index contributed by atoms with van der Waals surface area (Å²) in [5.74, 6) is 2.38. The molecule has 0 spiro atoms. The summed E-state index contributed by atoms with van der Waals surface area (Å²) in [5, 5.41) is 5.16. The maximum absolute atomic E-state index is 6.06. The fourth-order valence-electron chi connectivity index (χ4n) is 4.11. The molecule has 0 aliphatic carbocycles. The first-order chi connectivity index (χ1) is 14.7. The van der Waals surface area contributed by atoms with Gasteiger partial charge >= 0.3 is 0 Å². The minimum absolute atomic E-state index is 0.594. The average molecular weight is 486 g/mol. The highest BCUT2D eigenvalue weighted by Crippen LogP contribution is 2.34. The summed E-state index contributed by atoms with van der Waals surface area (Å²) in [6.07, 6.45) is 0. The standard InChI is InChI=1S/C24H28Cl4N2/c25-9-13-29(14-10-26)17-23-19-5-1-2-6-20(19)24(18-30(15-11-27)16-12-28)22-8-4-3-7-21(22)23/h1-8H,9-18H2. The highest BCUT2D eigenvalue weighted by atomic mass is 35.5. The molecule has 0 aliphatic rings.